The maximum Gasteiger partial charge on any atom is 0.226 e. The number of nitrogens with zero attached hydrogens (tertiary/aromatic N) is 1. The first-order valence-electron chi connectivity index (χ1n) is 6.50. The second kappa shape index (κ2) is 7.47. The average molecular weight is 369 g/mol. The van der Waals surface area contributed by atoms with E-state index in [9.17, 15) is 4.79 Å². The molecule has 1 aromatic carbocycles. The summed E-state index contributed by atoms with van der Waals surface area (Å²) in [7, 11) is 1.80. The summed E-state index contributed by atoms with van der Waals surface area (Å²) in [5, 5.41) is 2.04. The third-order valence-corrected chi connectivity index (χ3v) is 4.46. The van der Waals surface area contributed by atoms with Gasteiger partial charge in [-0.3, -0.25) is 4.79 Å². The normalized spacial score (nSPS) is 10.4. The predicted molar refractivity (Wildman–Crippen MR) is 89.5 cm³/mol. The molecule has 1 amide bonds. The third kappa shape index (κ3) is 5.06. The molecule has 0 saturated heterocycles. The summed E-state index contributed by atoms with van der Waals surface area (Å²) in [6.07, 6.45) is 0.344. The number of hydrogen-bond donors (Lipinski definition) is 1. The SMILES string of the molecule is CN(Cc1csc(Br)c1)C(=O)CCOc1cccc(N)c1. The maximum absolute atomic E-state index is 12.0. The number of anilines is 1. The van der Waals surface area contributed by atoms with Crippen LogP contribution in [0.4, 0.5) is 5.69 Å². The number of thiophene rings is 1. The van der Waals surface area contributed by atoms with E-state index >= 15 is 0 Å². The monoisotopic (exact) mass is 368 g/mol. The van der Waals surface area contributed by atoms with Crippen LogP contribution in [0.25, 0.3) is 0 Å². The Labute approximate surface area is 136 Å². The molecular weight excluding hydrogens is 352 g/mol. The molecule has 2 rings (SSSR count). The van der Waals surface area contributed by atoms with Crippen LogP contribution in [0.5, 0.6) is 5.75 Å². The number of nitrogens with two attached hydrogens (primary N) is 1. The van der Waals surface area contributed by atoms with Gasteiger partial charge in [0.15, 0.2) is 0 Å². The summed E-state index contributed by atoms with van der Waals surface area (Å²) < 4.78 is 6.60. The highest BCUT2D eigenvalue weighted by Crippen LogP contribution is 2.21. The molecule has 4 nitrogen and oxygen atoms in total. The van der Waals surface area contributed by atoms with Crippen molar-refractivity contribution in [2.45, 2.75) is 13.0 Å². The zero-order valence-corrected chi connectivity index (χ0v) is 14.1. The molecule has 0 fully saturated rings. The molecule has 0 aliphatic carbocycles. The van der Waals surface area contributed by atoms with Crippen LogP contribution >= 0.6 is 27.3 Å². The van der Waals surface area contributed by atoms with E-state index < -0.39 is 0 Å². The number of carbonyl (C=O) groups is 1. The van der Waals surface area contributed by atoms with Crippen LogP contribution in [0.2, 0.25) is 0 Å². The van der Waals surface area contributed by atoms with Gasteiger partial charge in [0.05, 0.1) is 16.8 Å². The topological polar surface area (TPSA) is 55.6 Å². The number of ether oxygens (including phenoxy) is 1. The van der Waals surface area contributed by atoms with Gasteiger partial charge in [0.2, 0.25) is 5.91 Å². The smallest absolute Gasteiger partial charge is 0.226 e. The Morgan fingerprint density at radius 2 is 2.24 bits per heavy atom. The van der Waals surface area contributed by atoms with Crippen molar-refractivity contribution >= 4 is 38.9 Å². The fourth-order valence-corrected chi connectivity index (χ4v) is 3.04. The fourth-order valence-electron chi connectivity index (χ4n) is 1.84. The van der Waals surface area contributed by atoms with Crippen molar-refractivity contribution in [3.8, 4) is 5.75 Å². The number of hydrogen-bond acceptors (Lipinski definition) is 4. The van der Waals surface area contributed by atoms with Crippen molar-refractivity contribution in [3.05, 3.63) is 45.1 Å². The summed E-state index contributed by atoms with van der Waals surface area (Å²) >= 11 is 5.03. The fraction of sp³-hybridized carbons (Fsp3) is 0.267. The lowest BCUT2D eigenvalue weighted by Crippen LogP contribution is -2.27. The molecule has 1 aromatic heterocycles. The van der Waals surface area contributed by atoms with E-state index in [1.165, 1.54) is 0 Å². The van der Waals surface area contributed by atoms with Crippen LogP contribution in [-0.2, 0) is 11.3 Å². The van der Waals surface area contributed by atoms with Gasteiger partial charge in [-0.1, -0.05) is 6.07 Å². The lowest BCUT2D eigenvalue weighted by atomic mass is 10.3. The van der Waals surface area contributed by atoms with Gasteiger partial charge in [-0.25, -0.2) is 0 Å². The zero-order valence-electron chi connectivity index (χ0n) is 11.7. The van der Waals surface area contributed by atoms with Gasteiger partial charge in [-0.2, -0.15) is 0 Å². The third-order valence-electron chi connectivity index (χ3n) is 2.91. The molecule has 0 spiro atoms. The minimum Gasteiger partial charge on any atom is -0.493 e. The summed E-state index contributed by atoms with van der Waals surface area (Å²) in [4.78, 5) is 13.7. The highest BCUT2D eigenvalue weighted by atomic mass is 79.9. The van der Waals surface area contributed by atoms with Crippen molar-refractivity contribution < 1.29 is 9.53 Å². The first kappa shape index (κ1) is 15.9. The summed E-state index contributed by atoms with van der Waals surface area (Å²) in [6, 6.07) is 9.22. The van der Waals surface area contributed by atoms with Crippen molar-refractivity contribution in [3.63, 3.8) is 0 Å². The minimum atomic E-state index is 0.0567. The molecule has 1 heterocycles. The summed E-state index contributed by atoms with van der Waals surface area (Å²) in [5.74, 6) is 0.744. The zero-order chi connectivity index (χ0) is 15.2. The van der Waals surface area contributed by atoms with E-state index in [0.717, 1.165) is 9.35 Å². The second-order valence-corrected chi connectivity index (χ2v) is 6.97. The maximum atomic E-state index is 12.0. The molecule has 6 heteroatoms. The Morgan fingerprint density at radius 3 is 2.90 bits per heavy atom. The summed E-state index contributed by atoms with van der Waals surface area (Å²) in [6.45, 7) is 0.958. The molecule has 2 N–H and O–H groups in total. The number of carbonyl (C=O) groups excluding carboxylic acids is 1. The largest absolute Gasteiger partial charge is 0.493 e. The Bertz CT molecular complexity index is 615. The van der Waals surface area contributed by atoms with Crippen LogP contribution in [-0.4, -0.2) is 24.5 Å². The summed E-state index contributed by atoms with van der Waals surface area (Å²) in [5.41, 5.74) is 7.44. The van der Waals surface area contributed by atoms with Gasteiger partial charge in [0.1, 0.15) is 5.75 Å². The molecule has 112 valence electrons. The van der Waals surface area contributed by atoms with Gasteiger partial charge in [-0.15, -0.1) is 11.3 Å². The molecule has 0 saturated carbocycles. The van der Waals surface area contributed by atoms with E-state index in [2.05, 4.69) is 15.9 Å². The quantitative estimate of drug-likeness (QED) is 0.793. The van der Waals surface area contributed by atoms with Crippen LogP contribution < -0.4 is 10.5 Å². The minimum absolute atomic E-state index is 0.0567. The van der Waals surface area contributed by atoms with Gasteiger partial charge in [-0.05, 0) is 45.1 Å². The standard InChI is InChI=1S/C15H17BrN2O2S/c1-18(9-11-7-14(16)21-10-11)15(19)5-6-20-13-4-2-3-12(17)8-13/h2-4,7-8,10H,5-6,9,17H2,1H3. The van der Waals surface area contributed by atoms with Crippen LogP contribution in [0.3, 0.4) is 0 Å². The second-order valence-electron chi connectivity index (χ2n) is 4.68. The average Bonchev–Trinajstić information content (AvgIpc) is 2.84. The Hall–Kier alpha value is -1.53. The molecule has 2 aromatic rings. The van der Waals surface area contributed by atoms with Gasteiger partial charge >= 0.3 is 0 Å². The number of benzene rings is 1. The molecular formula is C15H17BrN2O2S. The molecule has 0 aliphatic rings. The van der Waals surface area contributed by atoms with Gasteiger partial charge in [0.25, 0.3) is 0 Å². The van der Waals surface area contributed by atoms with Gasteiger partial charge in [0, 0.05) is 25.3 Å². The van der Waals surface area contributed by atoms with E-state index in [0.29, 0.717) is 31.0 Å². The Morgan fingerprint density at radius 1 is 1.43 bits per heavy atom. The van der Waals surface area contributed by atoms with Crippen molar-refractivity contribution in [1.29, 1.82) is 0 Å². The number of nitrogen functional groups attached to an aromatic ring is 1. The molecule has 21 heavy (non-hydrogen) atoms. The van der Waals surface area contributed by atoms with Crippen LogP contribution in [0.15, 0.2) is 39.5 Å². The molecule has 0 unspecified atom stereocenters. The molecule has 0 radical (unpaired) electrons. The lowest BCUT2D eigenvalue weighted by Gasteiger charge is -2.16. The van der Waals surface area contributed by atoms with E-state index in [-0.39, 0.29) is 5.91 Å². The Balaban J connectivity index is 1.76. The predicted octanol–water partition coefficient (Wildman–Crippen LogP) is 3.52. The number of amides is 1. The van der Waals surface area contributed by atoms with E-state index in [1.54, 1.807) is 35.4 Å². The van der Waals surface area contributed by atoms with Crippen molar-refractivity contribution in [2.75, 3.05) is 19.4 Å². The van der Waals surface area contributed by atoms with Crippen LogP contribution in [0.1, 0.15) is 12.0 Å². The molecule has 0 bridgehead atoms. The number of rotatable bonds is 6. The molecule has 0 aliphatic heterocycles. The molecule has 0 atom stereocenters. The van der Waals surface area contributed by atoms with E-state index in [4.69, 9.17) is 10.5 Å². The Kier molecular flexibility index (Phi) is 5.64. The first-order valence-corrected chi connectivity index (χ1v) is 8.17. The highest BCUT2D eigenvalue weighted by molar-refractivity contribution is 9.11. The highest BCUT2D eigenvalue weighted by Gasteiger charge is 2.10. The number of halogens is 1. The van der Waals surface area contributed by atoms with Crippen LogP contribution in [0, 0.1) is 0 Å². The van der Waals surface area contributed by atoms with Gasteiger partial charge < -0.3 is 15.4 Å². The lowest BCUT2D eigenvalue weighted by molar-refractivity contribution is -0.130. The van der Waals surface area contributed by atoms with Crippen molar-refractivity contribution in [1.82, 2.24) is 4.90 Å². The first-order chi connectivity index (χ1) is 10.0. The van der Waals surface area contributed by atoms with Crippen molar-refractivity contribution in [2.24, 2.45) is 0 Å². The van der Waals surface area contributed by atoms with E-state index in [1.807, 2.05) is 23.6 Å².